The summed E-state index contributed by atoms with van der Waals surface area (Å²) in [4.78, 5) is 22.6. The third-order valence-electron chi connectivity index (χ3n) is 4.01. The lowest BCUT2D eigenvalue weighted by molar-refractivity contribution is -0.385. The van der Waals surface area contributed by atoms with E-state index in [1.165, 1.54) is 29.9 Å². The van der Waals surface area contributed by atoms with Gasteiger partial charge >= 0.3 is 5.69 Å². The number of hydrogen-bond donors (Lipinski definition) is 1. The van der Waals surface area contributed by atoms with E-state index in [9.17, 15) is 14.9 Å². The normalized spacial score (nSPS) is 18.0. The minimum atomic E-state index is -0.501. The molecule has 0 spiro atoms. The minimum absolute atomic E-state index is 0.0873. The van der Waals surface area contributed by atoms with E-state index in [0.717, 1.165) is 25.7 Å². The second-order valence-corrected chi connectivity index (χ2v) is 5.56. The Hall–Kier alpha value is -1.92. The monoisotopic (exact) mass is 294 g/mol. The first-order valence-electron chi connectivity index (χ1n) is 7.60. The zero-order valence-electron chi connectivity index (χ0n) is 12.3. The lowest BCUT2D eigenvalue weighted by Crippen LogP contribution is -2.39. The maximum atomic E-state index is 12.4. The number of aromatic nitrogens is 2. The van der Waals surface area contributed by atoms with E-state index in [2.05, 4.69) is 10.4 Å². The Balaban J connectivity index is 2.01. The minimum Gasteiger partial charge on any atom is -0.352 e. The first-order valence-corrected chi connectivity index (χ1v) is 7.60. The van der Waals surface area contributed by atoms with Crippen molar-refractivity contribution in [2.75, 3.05) is 0 Å². The molecule has 1 aromatic heterocycles. The van der Waals surface area contributed by atoms with Crippen LogP contribution < -0.4 is 5.32 Å². The van der Waals surface area contributed by atoms with Crippen LogP contribution in [-0.2, 0) is 4.79 Å². The molecule has 1 atom stereocenters. The van der Waals surface area contributed by atoms with E-state index in [-0.39, 0.29) is 17.6 Å². The van der Waals surface area contributed by atoms with Crippen LogP contribution in [0.3, 0.4) is 0 Å². The molecule has 7 heteroatoms. The van der Waals surface area contributed by atoms with Gasteiger partial charge in [0.25, 0.3) is 0 Å². The summed E-state index contributed by atoms with van der Waals surface area (Å²) >= 11 is 0. The summed E-state index contributed by atoms with van der Waals surface area (Å²) in [5, 5.41) is 17.7. The van der Waals surface area contributed by atoms with Crippen LogP contribution in [0.5, 0.6) is 0 Å². The fourth-order valence-corrected chi connectivity index (χ4v) is 2.81. The van der Waals surface area contributed by atoms with E-state index in [1.54, 1.807) is 0 Å². The molecule has 0 bridgehead atoms. The Morgan fingerprint density at radius 1 is 1.48 bits per heavy atom. The van der Waals surface area contributed by atoms with Gasteiger partial charge in [-0.3, -0.25) is 19.6 Å². The van der Waals surface area contributed by atoms with Gasteiger partial charge in [-0.1, -0.05) is 32.6 Å². The predicted octanol–water partition coefficient (Wildman–Crippen LogP) is 2.58. The Kier molecular flexibility index (Phi) is 5.30. The lowest BCUT2D eigenvalue weighted by atomic mass is 10.1. The number of nitrogens with one attached hydrogen (secondary N) is 1. The molecule has 2 rings (SSSR count). The van der Waals surface area contributed by atoms with Crippen LogP contribution in [0.25, 0.3) is 0 Å². The smallest absolute Gasteiger partial charge is 0.307 e. The molecule has 1 N–H and O–H groups in total. The van der Waals surface area contributed by atoms with Crippen LogP contribution in [0.2, 0.25) is 0 Å². The van der Waals surface area contributed by atoms with Gasteiger partial charge in [-0.2, -0.15) is 5.10 Å². The maximum Gasteiger partial charge on any atom is 0.307 e. The van der Waals surface area contributed by atoms with Gasteiger partial charge in [0.1, 0.15) is 18.4 Å². The van der Waals surface area contributed by atoms with Crippen molar-refractivity contribution in [1.82, 2.24) is 15.1 Å². The highest BCUT2D eigenvalue weighted by Gasteiger charge is 2.24. The Morgan fingerprint density at radius 2 is 2.14 bits per heavy atom. The average molecular weight is 294 g/mol. The number of rotatable bonds is 5. The van der Waals surface area contributed by atoms with E-state index in [0.29, 0.717) is 6.42 Å². The second-order valence-electron chi connectivity index (χ2n) is 5.56. The summed E-state index contributed by atoms with van der Waals surface area (Å²) in [7, 11) is 0. The third kappa shape index (κ3) is 4.03. The Morgan fingerprint density at radius 3 is 2.67 bits per heavy atom. The standard InChI is InChI=1S/C14H22N4O3/c1-2-13(17-10-12(9-15-17)18(20)21)14(19)16-11-7-5-3-4-6-8-11/h9-11,13H,2-8H2,1H3,(H,16,19). The molecule has 1 saturated carbocycles. The van der Waals surface area contributed by atoms with Crippen LogP contribution in [-0.4, -0.2) is 26.7 Å². The van der Waals surface area contributed by atoms with Crippen LogP contribution in [0.1, 0.15) is 57.9 Å². The molecule has 7 nitrogen and oxygen atoms in total. The number of nitrogens with zero attached hydrogens (tertiary/aromatic N) is 3. The molecule has 0 radical (unpaired) electrons. The first-order chi connectivity index (χ1) is 10.1. The van der Waals surface area contributed by atoms with Crippen molar-refractivity contribution in [3.8, 4) is 0 Å². The summed E-state index contributed by atoms with van der Waals surface area (Å²) in [6.45, 7) is 1.88. The molecule has 0 aliphatic heterocycles. The largest absolute Gasteiger partial charge is 0.352 e. The topological polar surface area (TPSA) is 90.1 Å². The molecule has 1 aliphatic rings. The van der Waals surface area contributed by atoms with Gasteiger partial charge in [0.05, 0.1) is 4.92 Å². The lowest BCUT2D eigenvalue weighted by Gasteiger charge is -2.21. The SMILES string of the molecule is CCC(C(=O)NC1CCCCCC1)n1cc([N+](=O)[O-])cn1. The Labute approximate surface area is 123 Å². The van der Waals surface area contributed by atoms with Crippen molar-refractivity contribution in [3.05, 3.63) is 22.5 Å². The fourth-order valence-electron chi connectivity index (χ4n) is 2.81. The summed E-state index contributed by atoms with van der Waals surface area (Å²) in [5.41, 5.74) is -0.0873. The van der Waals surface area contributed by atoms with E-state index < -0.39 is 11.0 Å². The molecule has 1 fully saturated rings. The summed E-state index contributed by atoms with van der Waals surface area (Å²) < 4.78 is 1.39. The zero-order chi connectivity index (χ0) is 15.2. The number of carbonyl (C=O) groups excluding carboxylic acids is 1. The van der Waals surface area contributed by atoms with E-state index in [1.807, 2.05) is 6.92 Å². The number of nitro groups is 1. The van der Waals surface area contributed by atoms with Crippen LogP contribution >= 0.6 is 0 Å². The van der Waals surface area contributed by atoms with Crippen molar-refractivity contribution in [3.63, 3.8) is 0 Å². The quantitative estimate of drug-likeness (QED) is 0.513. The molecule has 0 aromatic carbocycles. The van der Waals surface area contributed by atoms with Gasteiger partial charge in [-0.15, -0.1) is 0 Å². The van der Waals surface area contributed by atoms with Crippen molar-refractivity contribution < 1.29 is 9.72 Å². The van der Waals surface area contributed by atoms with Gasteiger partial charge in [0.15, 0.2) is 0 Å². The van der Waals surface area contributed by atoms with Crippen LogP contribution in [0.15, 0.2) is 12.4 Å². The maximum absolute atomic E-state index is 12.4. The number of amides is 1. The van der Waals surface area contributed by atoms with Crippen molar-refractivity contribution in [1.29, 1.82) is 0 Å². The molecule has 21 heavy (non-hydrogen) atoms. The van der Waals surface area contributed by atoms with Crippen LogP contribution in [0.4, 0.5) is 5.69 Å². The second kappa shape index (κ2) is 7.19. The molecule has 1 amide bonds. The molecular formula is C14H22N4O3. The highest BCUT2D eigenvalue weighted by molar-refractivity contribution is 5.80. The van der Waals surface area contributed by atoms with Gasteiger partial charge in [0.2, 0.25) is 5.91 Å². The van der Waals surface area contributed by atoms with Gasteiger partial charge in [-0.05, 0) is 19.3 Å². The van der Waals surface area contributed by atoms with E-state index >= 15 is 0 Å². The molecule has 1 aliphatic carbocycles. The molecule has 1 aromatic rings. The Bertz CT molecular complexity index is 492. The van der Waals surface area contributed by atoms with Gasteiger partial charge in [0, 0.05) is 6.04 Å². The average Bonchev–Trinajstić information content (AvgIpc) is 2.79. The number of hydrogen-bond acceptors (Lipinski definition) is 4. The molecule has 0 saturated heterocycles. The third-order valence-corrected chi connectivity index (χ3v) is 4.01. The first kappa shape index (κ1) is 15.5. The van der Waals surface area contributed by atoms with Gasteiger partial charge < -0.3 is 5.32 Å². The summed E-state index contributed by atoms with van der Waals surface area (Å²) in [5.74, 6) is -0.0950. The highest BCUT2D eigenvalue weighted by atomic mass is 16.6. The van der Waals surface area contributed by atoms with Gasteiger partial charge in [-0.25, -0.2) is 0 Å². The molecular weight excluding hydrogens is 272 g/mol. The van der Waals surface area contributed by atoms with Crippen LogP contribution in [0, 0.1) is 10.1 Å². The fraction of sp³-hybridized carbons (Fsp3) is 0.714. The summed E-state index contributed by atoms with van der Waals surface area (Å²) in [6.07, 6.45) is 9.84. The predicted molar refractivity (Wildman–Crippen MR) is 77.8 cm³/mol. The molecule has 1 heterocycles. The van der Waals surface area contributed by atoms with Crippen molar-refractivity contribution in [2.45, 2.75) is 64.0 Å². The van der Waals surface area contributed by atoms with Crippen molar-refractivity contribution >= 4 is 11.6 Å². The highest BCUT2D eigenvalue weighted by Crippen LogP contribution is 2.20. The van der Waals surface area contributed by atoms with E-state index in [4.69, 9.17) is 0 Å². The van der Waals surface area contributed by atoms with Crippen molar-refractivity contribution in [2.24, 2.45) is 0 Å². The number of carbonyl (C=O) groups is 1. The molecule has 1 unspecified atom stereocenters. The zero-order valence-corrected chi connectivity index (χ0v) is 12.3. The molecule has 116 valence electrons. The summed E-state index contributed by atoms with van der Waals surface area (Å²) in [6, 6.07) is -0.262.